The number of allylic oxidation sites excluding steroid dienone is 2. The number of hydrogen-bond acceptors (Lipinski definition) is 6. The number of fused-ring (bicyclic) bond motifs is 1. The average molecular weight is 490 g/mol. The van der Waals surface area contributed by atoms with E-state index in [0.29, 0.717) is 12.8 Å². The fourth-order valence-corrected chi connectivity index (χ4v) is 4.42. The van der Waals surface area contributed by atoms with E-state index >= 15 is 0 Å². The van der Waals surface area contributed by atoms with Crippen molar-refractivity contribution >= 4 is 35.3 Å². The Hall–Kier alpha value is -4.27. The van der Waals surface area contributed by atoms with Gasteiger partial charge in [-0.15, -0.1) is 0 Å². The van der Waals surface area contributed by atoms with Gasteiger partial charge in [-0.1, -0.05) is 54.6 Å². The van der Waals surface area contributed by atoms with Gasteiger partial charge in [0.2, 0.25) is 11.8 Å². The Morgan fingerprint density at radius 3 is 2.22 bits per heavy atom. The van der Waals surface area contributed by atoms with Gasteiger partial charge < -0.3 is 15.4 Å². The molecule has 1 saturated heterocycles. The van der Waals surface area contributed by atoms with Gasteiger partial charge in [0, 0.05) is 0 Å². The van der Waals surface area contributed by atoms with E-state index < -0.39 is 36.9 Å². The van der Waals surface area contributed by atoms with Crippen LogP contribution in [0.5, 0.6) is 0 Å². The Morgan fingerprint density at radius 2 is 1.56 bits per heavy atom. The molecule has 0 saturated carbocycles. The number of anilines is 1. The van der Waals surface area contributed by atoms with Crippen LogP contribution in [-0.4, -0.2) is 47.6 Å². The topological polar surface area (TPSA) is 122 Å². The van der Waals surface area contributed by atoms with Crippen LogP contribution in [-0.2, 0) is 23.9 Å². The maximum Gasteiger partial charge on any atom is 0.326 e. The molecule has 0 spiro atoms. The van der Waals surface area contributed by atoms with E-state index in [1.54, 1.807) is 24.3 Å². The predicted octanol–water partition coefficient (Wildman–Crippen LogP) is 2.61. The van der Waals surface area contributed by atoms with Gasteiger partial charge in [0.25, 0.3) is 11.8 Å². The van der Waals surface area contributed by atoms with E-state index in [-0.39, 0.29) is 35.0 Å². The van der Waals surface area contributed by atoms with E-state index in [9.17, 15) is 24.0 Å². The Bertz CT molecular complexity index is 1180. The average Bonchev–Trinajstić information content (AvgIpc) is 3.13. The normalized spacial score (nSPS) is 19.4. The van der Waals surface area contributed by atoms with Crippen LogP contribution in [0.1, 0.15) is 41.7 Å². The number of ether oxygens (including phenoxy) is 1. The first kappa shape index (κ1) is 24.8. The highest BCUT2D eigenvalue weighted by atomic mass is 16.5. The molecule has 4 rings (SSSR count). The molecule has 1 aliphatic carbocycles. The number of nitrogens with zero attached hydrogens (tertiary/aromatic N) is 1. The van der Waals surface area contributed by atoms with Crippen LogP contribution < -0.4 is 10.6 Å². The number of rotatable bonds is 8. The third-order valence-corrected chi connectivity index (χ3v) is 6.34. The number of carbonyl (C=O) groups is 5. The summed E-state index contributed by atoms with van der Waals surface area (Å²) >= 11 is 0. The summed E-state index contributed by atoms with van der Waals surface area (Å²) in [4.78, 5) is 63.4. The maximum atomic E-state index is 12.8. The van der Waals surface area contributed by atoms with Crippen LogP contribution in [0.4, 0.5) is 5.69 Å². The molecule has 186 valence electrons. The molecule has 9 nitrogen and oxygen atoms in total. The zero-order valence-corrected chi connectivity index (χ0v) is 19.8. The van der Waals surface area contributed by atoms with Crippen LogP contribution in [0.25, 0.3) is 0 Å². The third kappa shape index (κ3) is 5.51. The molecule has 2 aromatic carbocycles. The lowest BCUT2D eigenvalue weighted by atomic mass is 9.85. The van der Waals surface area contributed by atoms with E-state index in [4.69, 9.17) is 4.74 Å². The van der Waals surface area contributed by atoms with E-state index in [2.05, 4.69) is 10.6 Å². The summed E-state index contributed by atoms with van der Waals surface area (Å²) in [6.07, 6.45) is 4.67. The molecule has 1 fully saturated rings. The summed E-state index contributed by atoms with van der Waals surface area (Å²) in [5, 5.41) is 5.48. The molecule has 9 heteroatoms. The first-order valence-corrected chi connectivity index (χ1v) is 11.8. The van der Waals surface area contributed by atoms with Gasteiger partial charge in [-0.25, -0.2) is 0 Å². The number of amides is 4. The van der Waals surface area contributed by atoms with Crippen molar-refractivity contribution in [2.75, 3.05) is 18.5 Å². The number of benzene rings is 2. The first-order chi connectivity index (χ1) is 17.3. The second-order valence-electron chi connectivity index (χ2n) is 8.78. The highest BCUT2D eigenvalue weighted by Crippen LogP contribution is 2.34. The van der Waals surface area contributed by atoms with Crippen molar-refractivity contribution in [2.24, 2.45) is 11.8 Å². The molecule has 0 aromatic heterocycles. The number of nitrogens with one attached hydrogen (secondary N) is 2. The fourth-order valence-electron chi connectivity index (χ4n) is 4.42. The van der Waals surface area contributed by atoms with Gasteiger partial charge in [-0.3, -0.25) is 28.9 Å². The molecule has 0 radical (unpaired) electrons. The Balaban J connectivity index is 1.30. The number of para-hydroxylation sites is 1. The summed E-state index contributed by atoms with van der Waals surface area (Å²) < 4.78 is 5.00. The van der Waals surface area contributed by atoms with Crippen LogP contribution >= 0.6 is 0 Å². The van der Waals surface area contributed by atoms with Crippen molar-refractivity contribution < 1.29 is 28.7 Å². The smallest absolute Gasteiger partial charge is 0.326 e. The zero-order chi connectivity index (χ0) is 25.7. The van der Waals surface area contributed by atoms with Crippen molar-refractivity contribution in [3.05, 3.63) is 77.9 Å². The van der Waals surface area contributed by atoms with Gasteiger partial charge in [-0.2, -0.15) is 0 Å². The van der Waals surface area contributed by atoms with Gasteiger partial charge in [0.1, 0.15) is 6.54 Å². The van der Waals surface area contributed by atoms with Crippen molar-refractivity contribution in [2.45, 2.75) is 25.8 Å². The zero-order valence-electron chi connectivity index (χ0n) is 19.8. The van der Waals surface area contributed by atoms with Gasteiger partial charge >= 0.3 is 5.97 Å². The van der Waals surface area contributed by atoms with Crippen LogP contribution in [0, 0.1) is 11.8 Å². The van der Waals surface area contributed by atoms with Crippen LogP contribution in [0.2, 0.25) is 0 Å². The predicted molar refractivity (Wildman–Crippen MR) is 130 cm³/mol. The number of carbonyl (C=O) groups excluding carboxylic acids is 5. The second kappa shape index (κ2) is 11.0. The van der Waals surface area contributed by atoms with E-state index in [0.717, 1.165) is 10.5 Å². The lowest BCUT2D eigenvalue weighted by molar-refractivity contribution is -0.154. The van der Waals surface area contributed by atoms with E-state index in [1.165, 1.54) is 0 Å². The molecule has 0 bridgehead atoms. The first-order valence-electron chi connectivity index (χ1n) is 11.8. The summed E-state index contributed by atoms with van der Waals surface area (Å²) in [7, 11) is 0. The van der Waals surface area contributed by atoms with Crippen molar-refractivity contribution in [3.63, 3.8) is 0 Å². The molecule has 2 aromatic rings. The molecular formula is C27H27N3O6. The molecule has 3 atom stereocenters. The number of imide groups is 1. The molecule has 1 aliphatic heterocycles. The number of hydrogen-bond donors (Lipinski definition) is 2. The van der Waals surface area contributed by atoms with Crippen LogP contribution in [0.3, 0.4) is 0 Å². The lowest BCUT2D eigenvalue weighted by Crippen LogP contribution is -2.37. The van der Waals surface area contributed by atoms with Gasteiger partial charge in [-0.05, 0) is 37.5 Å². The van der Waals surface area contributed by atoms with E-state index in [1.807, 2.05) is 49.4 Å². The van der Waals surface area contributed by atoms with Crippen molar-refractivity contribution in [3.8, 4) is 0 Å². The van der Waals surface area contributed by atoms with Gasteiger partial charge in [0.15, 0.2) is 6.61 Å². The maximum absolute atomic E-state index is 12.8. The van der Waals surface area contributed by atoms with Crippen LogP contribution in [0.15, 0.2) is 66.7 Å². The Labute approximate surface area is 208 Å². The molecule has 0 unspecified atom stereocenters. The van der Waals surface area contributed by atoms with Gasteiger partial charge in [0.05, 0.1) is 29.1 Å². The lowest BCUT2D eigenvalue weighted by Gasteiger charge is -2.17. The largest absolute Gasteiger partial charge is 0.454 e. The van der Waals surface area contributed by atoms with Crippen molar-refractivity contribution in [1.82, 2.24) is 10.2 Å². The highest BCUT2D eigenvalue weighted by Gasteiger charge is 2.47. The third-order valence-electron chi connectivity index (χ3n) is 6.34. The summed E-state index contributed by atoms with van der Waals surface area (Å²) in [6.45, 7) is 0.698. The molecular weight excluding hydrogens is 462 g/mol. The minimum atomic E-state index is -0.860. The highest BCUT2D eigenvalue weighted by molar-refractivity contribution is 6.07. The summed E-state index contributed by atoms with van der Waals surface area (Å²) in [5.74, 6) is -3.54. The number of likely N-dealkylation sites (tertiary alicyclic amines) is 1. The van der Waals surface area contributed by atoms with Crippen molar-refractivity contribution in [1.29, 1.82) is 0 Å². The quantitative estimate of drug-likeness (QED) is 0.334. The summed E-state index contributed by atoms with van der Waals surface area (Å²) in [5.41, 5.74) is 1.45. The molecule has 36 heavy (non-hydrogen) atoms. The molecule has 2 N–H and O–H groups in total. The molecule has 2 aliphatic rings. The SMILES string of the molecule is C[C@@H](NC(=O)c1ccccc1NC(=O)COC(=O)CN1C(=O)[C@H]2CC=CC[C@H]2C1=O)c1ccccc1. The Kier molecular flexibility index (Phi) is 7.58. The standard InChI is InChI=1S/C27H27N3O6/c1-17(18-9-3-2-4-10-18)28-25(33)21-13-7-8-14-22(21)29-23(31)16-36-24(32)15-30-26(34)19-11-5-6-12-20(19)27(30)35/h2-10,13-14,17,19-20H,11-12,15-16H2,1H3,(H,28,33)(H,29,31)/t17-,19-,20+/m1/s1. The minimum absolute atomic E-state index is 0.251. The second-order valence-corrected chi connectivity index (χ2v) is 8.78. The molecule has 4 amide bonds. The Morgan fingerprint density at radius 1 is 0.944 bits per heavy atom. The summed E-state index contributed by atoms with van der Waals surface area (Å²) in [6, 6.07) is 15.7. The minimum Gasteiger partial charge on any atom is -0.454 e. The molecule has 1 heterocycles. The monoisotopic (exact) mass is 489 g/mol. The fraction of sp³-hybridized carbons (Fsp3) is 0.296. The number of esters is 1.